The number of ether oxygens (including phenoxy) is 1. The smallest absolute Gasteiger partial charge is 0.126 e. The Morgan fingerprint density at radius 1 is 1.19 bits per heavy atom. The second kappa shape index (κ2) is 4.49. The van der Waals surface area contributed by atoms with E-state index < -0.39 is 0 Å². The lowest BCUT2D eigenvalue weighted by Gasteiger charge is -2.09. The van der Waals surface area contributed by atoms with E-state index in [-0.39, 0.29) is 0 Å². The van der Waals surface area contributed by atoms with Crippen molar-refractivity contribution in [2.24, 2.45) is 5.73 Å². The number of methoxy groups -OCH3 is 1. The van der Waals surface area contributed by atoms with Gasteiger partial charge in [0.25, 0.3) is 0 Å². The third-order valence-corrected chi connectivity index (χ3v) is 2.70. The van der Waals surface area contributed by atoms with Crippen LogP contribution in [0.15, 0.2) is 36.4 Å². The van der Waals surface area contributed by atoms with Gasteiger partial charge in [0.2, 0.25) is 0 Å². The first-order valence-corrected chi connectivity index (χ1v) is 5.46. The lowest BCUT2D eigenvalue weighted by atomic mass is 10.0. The van der Waals surface area contributed by atoms with Gasteiger partial charge in [0.15, 0.2) is 0 Å². The molecule has 2 aromatic carbocycles. The summed E-state index contributed by atoms with van der Waals surface area (Å²) < 4.78 is 5.32. The minimum atomic E-state index is 0.510. The molecule has 82 valence electrons. The van der Waals surface area contributed by atoms with E-state index in [0.29, 0.717) is 11.4 Å². The molecule has 0 unspecified atom stereocenters. The Balaban J connectivity index is 2.64. The molecule has 2 nitrogen and oxygen atoms in total. The molecular weight excluding hydrogens is 218 g/mol. The molecule has 0 saturated heterocycles. The average Bonchev–Trinajstić information content (AvgIpc) is 2.29. The van der Waals surface area contributed by atoms with Crippen molar-refractivity contribution in [2.75, 3.05) is 7.11 Å². The molecule has 0 fully saturated rings. The summed E-state index contributed by atoms with van der Waals surface area (Å²) in [5.41, 5.74) is 6.73. The molecule has 0 aliphatic rings. The van der Waals surface area contributed by atoms with Gasteiger partial charge in [0.1, 0.15) is 5.75 Å². The maximum absolute atomic E-state index is 5.59. The highest BCUT2D eigenvalue weighted by Gasteiger charge is 2.06. The van der Waals surface area contributed by atoms with Gasteiger partial charge in [-0.15, -0.1) is 0 Å². The van der Waals surface area contributed by atoms with E-state index in [0.717, 1.165) is 22.1 Å². The topological polar surface area (TPSA) is 35.2 Å². The summed E-state index contributed by atoms with van der Waals surface area (Å²) in [7, 11) is 1.68. The first-order valence-electron chi connectivity index (χ1n) is 5.05. The number of nitrogens with two attached hydrogens (primary N) is 1. The Kier molecular flexibility index (Phi) is 3.06. The fourth-order valence-electron chi connectivity index (χ4n) is 1.85. The summed E-state index contributed by atoms with van der Waals surface area (Å²) >= 11 is 4.95. The van der Waals surface area contributed by atoms with E-state index >= 15 is 0 Å². The Bertz CT molecular complexity index is 536. The first kappa shape index (κ1) is 10.9. The maximum Gasteiger partial charge on any atom is 0.126 e. The molecule has 0 aromatic heterocycles. The summed E-state index contributed by atoms with van der Waals surface area (Å²) in [6, 6.07) is 12.1. The molecule has 0 radical (unpaired) electrons. The van der Waals surface area contributed by atoms with Crippen molar-refractivity contribution >= 4 is 28.0 Å². The van der Waals surface area contributed by atoms with Gasteiger partial charge in [-0.3, -0.25) is 0 Å². The van der Waals surface area contributed by atoms with Crippen LogP contribution in [0.3, 0.4) is 0 Å². The van der Waals surface area contributed by atoms with Gasteiger partial charge in [0.05, 0.1) is 12.1 Å². The van der Waals surface area contributed by atoms with Crippen LogP contribution in [0.2, 0.25) is 0 Å². The third kappa shape index (κ3) is 1.99. The zero-order valence-electron chi connectivity index (χ0n) is 9.07. The molecule has 0 heterocycles. The van der Waals surface area contributed by atoms with E-state index in [1.54, 1.807) is 7.11 Å². The van der Waals surface area contributed by atoms with Crippen molar-refractivity contribution in [2.45, 2.75) is 6.42 Å². The van der Waals surface area contributed by atoms with E-state index in [1.165, 1.54) is 0 Å². The van der Waals surface area contributed by atoms with Crippen LogP contribution in [-0.4, -0.2) is 12.1 Å². The predicted octanol–water partition coefficient (Wildman–Crippen LogP) is 2.68. The summed E-state index contributed by atoms with van der Waals surface area (Å²) in [6.07, 6.45) is 0.625. The zero-order valence-corrected chi connectivity index (χ0v) is 9.88. The number of hydrogen-bond acceptors (Lipinski definition) is 2. The molecule has 0 atom stereocenters. The van der Waals surface area contributed by atoms with Crippen molar-refractivity contribution in [1.82, 2.24) is 0 Å². The molecule has 0 aliphatic heterocycles. The molecule has 0 saturated carbocycles. The van der Waals surface area contributed by atoms with Crippen molar-refractivity contribution in [3.63, 3.8) is 0 Å². The van der Waals surface area contributed by atoms with Gasteiger partial charge in [-0.1, -0.05) is 42.5 Å². The molecule has 2 N–H and O–H groups in total. The zero-order chi connectivity index (χ0) is 11.5. The van der Waals surface area contributed by atoms with Crippen molar-refractivity contribution in [1.29, 1.82) is 0 Å². The Morgan fingerprint density at radius 2 is 1.88 bits per heavy atom. The summed E-state index contributed by atoms with van der Waals surface area (Å²) in [5, 5.41) is 2.24. The monoisotopic (exact) mass is 231 g/mol. The molecule has 0 amide bonds. The van der Waals surface area contributed by atoms with E-state index in [1.807, 2.05) is 30.3 Å². The van der Waals surface area contributed by atoms with Crippen LogP contribution in [-0.2, 0) is 6.42 Å². The number of rotatable bonds is 3. The van der Waals surface area contributed by atoms with Crippen molar-refractivity contribution < 1.29 is 4.74 Å². The highest BCUT2D eigenvalue weighted by molar-refractivity contribution is 7.80. The number of hydrogen-bond donors (Lipinski definition) is 1. The van der Waals surface area contributed by atoms with Crippen LogP contribution < -0.4 is 10.5 Å². The summed E-state index contributed by atoms with van der Waals surface area (Å²) in [5.74, 6) is 0.877. The molecule has 0 bridgehead atoms. The van der Waals surface area contributed by atoms with Crippen LogP contribution in [0.25, 0.3) is 10.8 Å². The quantitative estimate of drug-likeness (QED) is 0.825. The minimum absolute atomic E-state index is 0.510. The maximum atomic E-state index is 5.59. The van der Waals surface area contributed by atoms with Gasteiger partial charge in [0, 0.05) is 11.8 Å². The van der Waals surface area contributed by atoms with Crippen LogP contribution in [0.4, 0.5) is 0 Å². The van der Waals surface area contributed by atoms with Gasteiger partial charge >= 0.3 is 0 Å². The predicted molar refractivity (Wildman–Crippen MR) is 71.0 cm³/mol. The standard InChI is InChI=1S/C13H13NOS/c1-15-12-7-6-9(8-13(14)16)10-4-2-3-5-11(10)12/h2-7H,8H2,1H3,(H2,14,16). The van der Waals surface area contributed by atoms with E-state index in [9.17, 15) is 0 Å². The van der Waals surface area contributed by atoms with Crippen LogP contribution >= 0.6 is 12.2 Å². The molecular formula is C13H13NOS. The van der Waals surface area contributed by atoms with Gasteiger partial charge in [-0.05, 0) is 17.0 Å². The van der Waals surface area contributed by atoms with E-state index in [2.05, 4.69) is 6.07 Å². The van der Waals surface area contributed by atoms with Gasteiger partial charge in [-0.2, -0.15) is 0 Å². The largest absolute Gasteiger partial charge is 0.496 e. The highest BCUT2D eigenvalue weighted by atomic mass is 32.1. The SMILES string of the molecule is COc1ccc(CC(N)=S)c2ccccc12. The van der Waals surface area contributed by atoms with Gasteiger partial charge < -0.3 is 10.5 Å². The Hall–Kier alpha value is -1.61. The third-order valence-electron chi connectivity index (χ3n) is 2.56. The molecule has 16 heavy (non-hydrogen) atoms. The van der Waals surface area contributed by atoms with Crippen molar-refractivity contribution in [3.05, 3.63) is 42.0 Å². The first-order chi connectivity index (χ1) is 7.72. The number of thiocarbonyl (C=S) groups is 1. The number of fused-ring (bicyclic) bond motifs is 1. The number of benzene rings is 2. The highest BCUT2D eigenvalue weighted by Crippen LogP contribution is 2.28. The molecule has 2 rings (SSSR count). The van der Waals surface area contributed by atoms with Crippen LogP contribution in [0.5, 0.6) is 5.75 Å². The van der Waals surface area contributed by atoms with Crippen LogP contribution in [0.1, 0.15) is 5.56 Å². The average molecular weight is 231 g/mol. The normalized spacial score (nSPS) is 10.3. The second-order valence-corrected chi connectivity index (χ2v) is 4.14. The van der Waals surface area contributed by atoms with Crippen LogP contribution in [0, 0.1) is 0 Å². The minimum Gasteiger partial charge on any atom is -0.496 e. The molecule has 3 heteroatoms. The summed E-state index contributed by atoms with van der Waals surface area (Å²) in [6.45, 7) is 0. The Morgan fingerprint density at radius 3 is 2.50 bits per heavy atom. The molecule has 0 aliphatic carbocycles. The lowest BCUT2D eigenvalue weighted by molar-refractivity contribution is 0.420. The fraction of sp³-hybridized carbons (Fsp3) is 0.154. The molecule has 2 aromatic rings. The summed E-state index contributed by atoms with van der Waals surface area (Å²) in [4.78, 5) is 0.510. The second-order valence-electron chi connectivity index (χ2n) is 3.62. The fourth-order valence-corrected chi connectivity index (χ4v) is 2.01. The molecule has 0 spiro atoms. The van der Waals surface area contributed by atoms with Crippen molar-refractivity contribution in [3.8, 4) is 5.75 Å². The van der Waals surface area contributed by atoms with Gasteiger partial charge in [-0.25, -0.2) is 0 Å². The Labute approximate surface area is 100 Å². The lowest BCUT2D eigenvalue weighted by Crippen LogP contribution is -2.11. The van der Waals surface area contributed by atoms with E-state index in [4.69, 9.17) is 22.7 Å².